The average molecular weight is 611 g/mol. The van der Waals surface area contributed by atoms with Gasteiger partial charge in [0.05, 0.1) is 7.11 Å². The van der Waals surface area contributed by atoms with Gasteiger partial charge < -0.3 is 25.3 Å². The Labute approximate surface area is 272 Å². The number of fused-ring (bicyclic) bond motifs is 2. The van der Waals surface area contributed by atoms with E-state index >= 15 is 0 Å². The van der Waals surface area contributed by atoms with Crippen LogP contribution in [0.3, 0.4) is 0 Å². The van der Waals surface area contributed by atoms with Gasteiger partial charge in [-0.15, -0.1) is 0 Å². The highest BCUT2D eigenvalue weighted by molar-refractivity contribution is 5.80. The van der Waals surface area contributed by atoms with Crippen LogP contribution in [0.1, 0.15) is 41.5 Å². The Morgan fingerprint density at radius 2 is 1.35 bits per heavy atom. The van der Waals surface area contributed by atoms with Gasteiger partial charge in [0, 0.05) is 41.9 Å². The summed E-state index contributed by atoms with van der Waals surface area (Å²) in [7, 11) is 1.73. The van der Waals surface area contributed by atoms with Gasteiger partial charge in [-0.25, -0.2) is 0 Å². The van der Waals surface area contributed by atoms with Crippen molar-refractivity contribution in [3.8, 4) is 5.75 Å². The van der Waals surface area contributed by atoms with E-state index in [1.807, 2.05) is 18.5 Å². The van der Waals surface area contributed by atoms with Crippen molar-refractivity contribution in [2.24, 2.45) is 5.41 Å². The molecule has 2 saturated heterocycles. The first-order chi connectivity index (χ1) is 22.6. The minimum atomic E-state index is 0.165. The lowest BCUT2D eigenvalue weighted by atomic mass is 9.74. The fourth-order valence-electron chi connectivity index (χ4n) is 7.75. The molecule has 2 aliphatic rings. The van der Waals surface area contributed by atoms with Crippen LogP contribution in [-0.2, 0) is 24.7 Å². The molecular weight excluding hydrogens is 564 g/mol. The minimum absolute atomic E-state index is 0.165. The van der Waals surface area contributed by atoms with E-state index in [0.29, 0.717) is 5.41 Å². The maximum Gasteiger partial charge on any atom is 0.119 e. The Hall–Kier alpha value is -4.32. The number of benzene rings is 4. The van der Waals surface area contributed by atoms with Crippen molar-refractivity contribution in [1.82, 2.24) is 20.6 Å². The van der Waals surface area contributed by atoms with Crippen LogP contribution in [0, 0.1) is 5.41 Å². The second-order valence-corrected chi connectivity index (χ2v) is 13.5. The zero-order valence-electron chi connectivity index (χ0n) is 26.9. The van der Waals surface area contributed by atoms with Gasteiger partial charge >= 0.3 is 0 Å². The summed E-state index contributed by atoms with van der Waals surface area (Å²) < 4.78 is 5.39. The molecule has 0 bridgehead atoms. The molecule has 4 heterocycles. The normalized spacial score (nSPS) is 21.0. The van der Waals surface area contributed by atoms with Crippen LogP contribution in [0.4, 0.5) is 0 Å². The third-order valence-electron chi connectivity index (χ3n) is 10.4. The molecule has 2 aromatic heterocycles. The van der Waals surface area contributed by atoms with Crippen molar-refractivity contribution in [1.29, 1.82) is 0 Å². The minimum Gasteiger partial charge on any atom is -0.497 e. The SMILES string of the molecule is COc1cccc(CC2(c3ccc4[nH]ccc4c3)CCNC2)c1.c1ccc(CCC2(Cc3ccc4[nH]ccc4c3)CCNC2)cc1. The van der Waals surface area contributed by atoms with E-state index < -0.39 is 0 Å². The topological polar surface area (TPSA) is 64.9 Å². The molecular formula is C41H46N4O. The van der Waals surface area contributed by atoms with Crippen LogP contribution in [0.5, 0.6) is 5.75 Å². The van der Waals surface area contributed by atoms with Crippen molar-refractivity contribution < 1.29 is 4.74 Å². The summed E-state index contributed by atoms with van der Waals surface area (Å²) in [5, 5.41) is 9.78. The fourth-order valence-corrected chi connectivity index (χ4v) is 7.75. The van der Waals surface area contributed by atoms with Crippen LogP contribution >= 0.6 is 0 Å². The molecule has 2 fully saturated rings. The molecule has 0 aliphatic carbocycles. The number of hydrogen-bond donors (Lipinski definition) is 4. The molecule has 0 saturated carbocycles. The Morgan fingerprint density at radius 3 is 2.09 bits per heavy atom. The molecule has 0 radical (unpaired) electrons. The van der Waals surface area contributed by atoms with Crippen LogP contribution in [0.2, 0.25) is 0 Å². The predicted molar refractivity (Wildman–Crippen MR) is 191 cm³/mol. The first kappa shape index (κ1) is 30.3. The summed E-state index contributed by atoms with van der Waals surface area (Å²) >= 11 is 0. The molecule has 236 valence electrons. The van der Waals surface area contributed by atoms with Gasteiger partial charge in [0.2, 0.25) is 0 Å². The molecule has 6 aromatic rings. The summed E-state index contributed by atoms with van der Waals surface area (Å²) in [5.74, 6) is 0.935. The first-order valence-electron chi connectivity index (χ1n) is 16.8. The third kappa shape index (κ3) is 6.76. The number of H-pyrrole nitrogens is 2. The number of ether oxygens (including phenoxy) is 1. The van der Waals surface area contributed by atoms with E-state index in [0.717, 1.165) is 38.3 Å². The predicted octanol–water partition coefficient (Wildman–Crippen LogP) is 7.97. The first-order valence-corrected chi connectivity index (χ1v) is 16.8. The Bertz CT molecular complexity index is 1860. The second-order valence-electron chi connectivity index (χ2n) is 13.5. The van der Waals surface area contributed by atoms with E-state index in [2.05, 4.69) is 118 Å². The molecule has 2 unspecified atom stereocenters. The summed E-state index contributed by atoms with van der Waals surface area (Å²) in [5.41, 5.74) is 8.69. The molecule has 0 amide bonds. The second kappa shape index (κ2) is 13.6. The molecule has 8 rings (SSSR count). The molecule has 0 spiro atoms. The lowest BCUT2D eigenvalue weighted by Gasteiger charge is -2.29. The molecule has 5 heteroatoms. The molecule has 4 aromatic carbocycles. The highest BCUT2D eigenvalue weighted by atomic mass is 16.5. The van der Waals surface area contributed by atoms with Crippen molar-refractivity contribution in [2.75, 3.05) is 33.3 Å². The number of nitrogens with one attached hydrogen (secondary N) is 4. The number of aromatic amines is 2. The fraction of sp³-hybridized carbons (Fsp3) is 0.317. The Kier molecular flexibility index (Phi) is 8.96. The Morgan fingerprint density at radius 1 is 0.630 bits per heavy atom. The third-order valence-corrected chi connectivity index (χ3v) is 10.4. The highest BCUT2D eigenvalue weighted by Crippen LogP contribution is 2.37. The molecule has 2 atom stereocenters. The van der Waals surface area contributed by atoms with Crippen molar-refractivity contribution in [2.45, 2.75) is 43.9 Å². The van der Waals surface area contributed by atoms with Gasteiger partial charge in [-0.2, -0.15) is 0 Å². The van der Waals surface area contributed by atoms with Crippen molar-refractivity contribution in [3.05, 3.63) is 138 Å². The van der Waals surface area contributed by atoms with E-state index in [4.69, 9.17) is 4.74 Å². The number of rotatable bonds is 9. The Balaban J connectivity index is 0.000000147. The highest BCUT2D eigenvalue weighted by Gasteiger charge is 2.36. The summed E-state index contributed by atoms with van der Waals surface area (Å²) in [6, 6.07) is 37.4. The zero-order valence-corrected chi connectivity index (χ0v) is 26.9. The number of aromatic nitrogens is 2. The largest absolute Gasteiger partial charge is 0.497 e. The van der Waals surface area contributed by atoms with Gasteiger partial charge in [0.25, 0.3) is 0 Å². The van der Waals surface area contributed by atoms with E-state index in [1.54, 1.807) is 7.11 Å². The standard InChI is InChI=1S/C21H24N2.C20H22N2O/c1-2-4-17(5-3-1)8-10-21(11-13-22-16-21)15-18-6-7-20-19(14-18)9-12-23-20;1-23-18-4-2-3-15(11-18)13-20(8-10-21-14-20)17-5-6-19-16(12-17)7-9-22-19/h1-7,9,12,14,22-23H,8,10-11,13,15-16H2;2-7,9,11-12,21-22H,8,10,13-14H2,1H3. The molecule has 5 nitrogen and oxygen atoms in total. The smallest absolute Gasteiger partial charge is 0.119 e. The van der Waals surface area contributed by atoms with Crippen LogP contribution in [0.25, 0.3) is 21.8 Å². The monoisotopic (exact) mass is 610 g/mol. The van der Waals surface area contributed by atoms with Gasteiger partial charge in [-0.05, 0) is 139 Å². The quantitative estimate of drug-likeness (QED) is 0.134. The lowest BCUT2D eigenvalue weighted by Crippen LogP contribution is -2.31. The van der Waals surface area contributed by atoms with Gasteiger partial charge in [-0.3, -0.25) is 0 Å². The van der Waals surface area contributed by atoms with E-state index in [-0.39, 0.29) is 5.41 Å². The zero-order chi connectivity index (χ0) is 31.2. The number of hydrogen-bond acceptors (Lipinski definition) is 3. The maximum atomic E-state index is 5.39. The van der Waals surface area contributed by atoms with Crippen LogP contribution in [0.15, 0.2) is 116 Å². The summed E-state index contributed by atoms with van der Waals surface area (Å²) in [6.45, 7) is 4.40. The van der Waals surface area contributed by atoms with E-state index in [9.17, 15) is 0 Å². The van der Waals surface area contributed by atoms with Gasteiger partial charge in [-0.1, -0.05) is 54.6 Å². The van der Waals surface area contributed by atoms with E-state index in [1.165, 1.54) is 76.2 Å². The summed E-state index contributed by atoms with van der Waals surface area (Å²) in [4.78, 5) is 6.57. The van der Waals surface area contributed by atoms with Gasteiger partial charge in [0.15, 0.2) is 0 Å². The average Bonchev–Trinajstić information content (AvgIpc) is 3.93. The van der Waals surface area contributed by atoms with Crippen molar-refractivity contribution in [3.63, 3.8) is 0 Å². The summed E-state index contributed by atoms with van der Waals surface area (Å²) in [6.07, 6.45) is 11.1. The maximum absolute atomic E-state index is 5.39. The van der Waals surface area contributed by atoms with Crippen molar-refractivity contribution >= 4 is 21.8 Å². The molecule has 2 aliphatic heterocycles. The molecule has 46 heavy (non-hydrogen) atoms. The molecule has 4 N–H and O–H groups in total. The van der Waals surface area contributed by atoms with Gasteiger partial charge in [0.1, 0.15) is 5.75 Å². The number of aryl methyl sites for hydroxylation is 1. The lowest BCUT2D eigenvalue weighted by molar-refractivity contribution is 0.294. The van der Waals surface area contributed by atoms with Crippen LogP contribution < -0.4 is 15.4 Å². The van der Waals surface area contributed by atoms with Crippen LogP contribution in [-0.4, -0.2) is 43.3 Å². The number of methoxy groups -OCH3 is 1.